The van der Waals surface area contributed by atoms with Crippen LogP contribution in [0.25, 0.3) is 11.1 Å². The lowest BCUT2D eigenvalue weighted by molar-refractivity contribution is 0.489. The van der Waals surface area contributed by atoms with E-state index in [-0.39, 0.29) is 0 Å². The van der Waals surface area contributed by atoms with Gasteiger partial charge in [0.05, 0.1) is 5.56 Å². The molecule has 0 amide bonds. The molecule has 1 heterocycles. The average Bonchev–Trinajstić information content (AvgIpc) is 2.80. The number of aromatic nitrogens is 1. The van der Waals surface area contributed by atoms with Crippen LogP contribution in [0.4, 0.5) is 5.69 Å². The van der Waals surface area contributed by atoms with E-state index in [1.807, 2.05) is 18.2 Å². The van der Waals surface area contributed by atoms with Gasteiger partial charge < -0.3 is 10.2 Å². The molecule has 0 atom stereocenters. The number of rotatable bonds is 2. The summed E-state index contributed by atoms with van der Waals surface area (Å²) in [6.07, 6.45) is 0. The van der Waals surface area contributed by atoms with Crippen LogP contribution in [0.15, 0.2) is 55.4 Å². The number of nitrogen functional groups attached to an aromatic ring is 1. The Hall–Kier alpha value is -1.97. The Morgan fingerprint density at radius 2 is 2.10 bits per heavy atom. The molecule has 0 unspecified atom stereocenters. The zero-order chi connectivity index (χ0) is 14.1. The Balaban J connectivity index is 2.01. The lowest BCUT2D eigenvalue weighted by Crippen LogP contribution is -1.82. The molecule has 3 rings (SSSR count). The molecule has 0 aliphatic rings. The molecule has 20 heavy (non-hydrogen) atoms. The molecule has 0 radical (unpaired) electrons. The van der Waals surface area contributed by atoms with Gasteiger partial charge in [-0.05, 0) is 42.1 Å². The van der Waals surface area contributed by atoms with Crippen molar-refractivity contribution in [1.82, 2.24) is 4.98 Å². The van der Waals surface area contributed by atoms with Crippen LogP contribution in [0, 0.1) is 11.3 Å². The molecule has 0 fully saturated rings. The second-order valence-electron chi connectivity index (χ2n) is 4.06. The topological polar surface area (TPSA) is 75.8 Å². The fraction of sp³-hybridized carbons (Fsp3) is 0. The van der Waals surface area contributed by atoms with E-state index in [0.29, 0.717) is 22.1 Å². The van der Waals surface area contributed by atoms with Gasteiger partial charge in [-0.1, -0.05) is 15.9 Å². The first-order valence-corrected chi connectivity index (χ1v) is 7.30. The molecule has 0 spiro atoms. The highest BCUT2D eigenvalue weighted by Gasteiger charge is 2.11. The fourth-order valence-electron chi connectivity index (χ4n) is 1.73. The third-order valence-electron chi connectivity index (χ3n) is 2.65. The molecule has 1 aromatic heterocycles. The van der Waals surface area contributed by atoms with Crippen molar-refractivity contribution in [3.05, 3.63) is 46.4 Å². The molecule has 0 saturated carbocycles. The number of oxazole rings is 1. The van der Waals surface area contributed by atoms with E-state index in [4.69, 9.17) is 15.4 Å². The Bertz CT molecular complexity index is 838. The molecule has 0 bridgehead atoms. The van der Waals surface area contributed by atoms with Gasteiger partial charge in [-0.15, -0.1) is 0 Å². The predicted molar refractivity (Wildman–Crippen MR) is 81.4 cm³/mol. The van der Waals surface area contributed by atoms with Crippen molar-refractivity contribution >= 4 is 44.5 Å². The summed E-state index contributed by atoms with van der Waals surface area (Å²) in [4.78, 5) is 5.16. The van der Waals surface area contributed by atoms with Crippen LogP contribution in [-0.4, -0.2) is 4.98 Å². The maximum Gasteiger partial charge on any atom is 0.261 e. The van der Waals surface area contributed by atoms with Crippen LogP contribution in [-0.2, 0) is 0 Å². The van der Waals surface area contributed by atoms with Gasteiger partial charge in [-0.25, -0.2) is 4.98 Å². The maximum absolute atomic E-state index is 9.12. The van der Waals surface area contributed by atoms with Crippen LogP contribution in [0.1, 0.15) is 5.56 Å². The molecule has 3 aromatic rings. The average molecular weight is 346 g/mol. The largest absolute Gasteiger partial charge is 0.431 e. The number of benzene rings is 2. The normalized spacial score (nSPS) is 10.6. The number of hydrogen-bond acceptors (Lipinski definition) is 5. The molecule has 0 aliphatic carbocycles. The summed E-state index contributed by atoms with van der Waals surface area (Å²) >= 11 is 4.71. The SMILES string of the molecule is N#Cc1ccc(Br)cc1Sc1nc2ccc(N)cc2o1. The molecule has 0 aliphatic heterocycles. The van der Waals surface area contributed by atoms with Crippen molar-refractivity contribution in [3.8, 4) is 6.07 Å². The second kappa shape index (κ2) is 5.19. The van der Waals surface area contributed by atoms with E-state index < -0.39 is 0 Å². The van der Waals surface area contributed by atoms with Gasteiger partial charge in [0.15, 0.2) is 5.58 Å². The Kier molecular flexibility index (Phi) is 3.38. The fourth-order valence-corrected chi connectivity index (χ4v) is 3.12. The number of nitrogens with zero attached hydrogens (tertiary/aromatic N) is 2. The van der Waals surface area contributed by atoms with E-state index in [1.165, 1.54) is 11.8 Å². The lowest BCUT2D eigenvalue weighted by Gasteiger charge is -2.00. The number of fused-ring (bicyclic) bond motifs is 1. The number of anilines is 1. The molecule has 6 heteroatoms. The first-order valence-electron chi connectivity index (χ1n) is 5.69. The van der Waals surface area contributed by atoms with E-state index in [9.17, 15) is 0 Å². The third-order valence-corrected chi connectivity index (χ3v) is 4.05. The monoisotopic (exact) mass is 345 g/mol. The quantitative estimate of drug-likeness (QED) is 0.704. The third kappa shape index (κ3) is 2.50. The zero-order valence-corrected chi connectivity index (χ0v) is 12.5. The van der Waals surface area contributed by atoms with Crippen molar-refractivity contribution in [2.45, 2.75) is 10.1 Å². The second-order valence-corrected chi connectivity index (χ2v) is 5.97. The van der Waals surface area contributed by atoms with Gasteiger partial charge in [-0.2, -0.15) is 5.26 Å². The molecule has 4 nitrogen and oxygen atoms in total. The minimum absolute atomic E-state index is 0.486. The van der Waals surface area contributed by atoms with Gasteiger partial charge in [0.1, 0.15) is 11.6 Å². The Morgan fingerprint density at radius 3 is 2.90 bits per heavy atom. The summed E-state index contributed by atoms with van der Waals surface area (Å²) in [7, 11) is 0. The molecule has 0 saturated heterocycles. The highest BCUT2D eigenvalue weighted by Crippen LogP contribution is 2.33. The zero-order valence-electron chi connectivity index (χ0n) is 10.1. The summed E-state index contributed by atoms with van der Waals surface area (Å²) in [6, 6.07) is 12.9. The van der Waals surface area contributed by atoms with Crippen molar-refractivity contribution in [2.24, 2.45) is 0 Å². The number of hydrogen-bond donors (Lipinski definition) is 1. The Morgan fingerprint density at radius 1 is 1.25 bits per heavy atom. The van der Waals surface area contributed by atoms with Crippen LogP contribution in [0.2, 0.25) is 0 Å². The van der Waals surface area contributed by atoms with Gasteiger partial charge in [0.25, 0.3) is 5.22 Å². The summed E-state index contributed by atoms with van der Waals surface area (Å²) in [6.45, 7) is 0. The van der Waals surface area contributed by atoms with Crippen LogP contribution in [0.5, 0.6) is 0 Å². The van der Waals surface area contributed by atoms with Crippen LogP contribution >= 0.6 is 27.7 Å². The van der Waals surface area contributed by atoms with Gasteiger partial charge in [0, 0.05) is 21.1 Å². The van der Waals surface area contributed by atoms with Crippen molar-refractivity contribution in [3.63, 3.8) is 0 Å². The summed E-state index contributed by atoms with van der Waals surface area (Å²) in [5, 5.41) is 9.60. The number of halogens is 1. The summed E-state index contributed by atoms with van der Waals surface area (Å²) in [5.41, 5.74) is 8.31. The maximum atomic E-state index is 9.12. The van der Waals surface area contributed by atoms with Crippen molar-refractivity contribution in [1.29, 1.82) is 5.26 Å². The van der Waals surface area contributed by atoms with E-state index in [1.54, 1.807) is 18.2 Å². The van der Waals surface area contributed by atoms with Crippen molar-refractivity contribution < 1.29 is 4.42 Å². The highest BCUT2D eigenvalue weighted by molar-refractivity contribution is 9.10. The van der Waals surface area contributed by atoms with E-state index >= 15 is 0 Å². The van der Waals surface area contributed by atoms with E-state index in [0.717, 1.165) is 14.9 Å². The van der Waals surface area contributed by atoms with Gasteiger partial charge in [0.2, 0.25) is 0 Å². The van der Waals surface area contributed by atoms with Crippen LogP contribution < -0.4 is 5.73 Å². The number of nitrogens with two attached hydrogens (primary N) is 1. The first-order chi connectivity index (χ1) is 9.65. The summed E-state index contributed by atoms with van der Waals surface area (Å²) in [5.74, 6) is 0. The van der Waals surface area contributed by atoms with E-state index in [2.05, 4.69) is 27.0 Å². The minimum atomic E-state index is 0.486. The highest BCUT2D eigenvalue weighted by atomic mass is 79.9. The molecule has 2 N–H and O–H groups in total. The molecular formula is C14H8BrN3OS. The standard InChI is InChI=1S/C14H8BrN3OS/c15-9-2-1-8(7-16)13(5-9)20-14-18-11-4-3-10(17)6-12(11)19-14/h1-6H,17H2. The predicted octanol–water partition coefficient (Wildman–Crippen LogP) is 4.20. The van der Waals surface area contributed by atoms with Gasteiger partial charge in [-0.3, -0.25) is 0 Å². The molecule has 2 aromatic carbocycles. The van der Waals surface area contributed by atoms with Crippen molar-refractivity contribution in [2.75, 3.05) is 5.73 Å². The summed E-state index contributed by atoms with van der Waals surface area (Å²) < 4.78 is 6.54. The molecular weight excluding hydrogens is 338 g/mol. The van der Waals surface area contributed by atoms with Gasteiger partial charge >= 0.3 is 0 Å². The minimum Gasteiger partial charge on any atom is -0.431 e. The smallest absolute Gasteiger partial charge is 0.261 e. The Labute approximate surface area is 127 Å². The molecule has 98 valence electrons. The number of nitriles is 1. The lowest BCUT2D eigenvalue weighted by atomic mass is 10.2. The first kappa shape index (κ1) is 13.0. The van der Waals surface area contributed by atoms with Crippen LogP contribution in [0.3, 0.4) is 0 Å².